The second-order valence-corrected chi connectivity index (χ2v) is 9.14. The summed E-state index contributed by atoms with van der Waals surface area (Å²) in [6.07, 6.45) is 0.801. The molecular formula is C28H30FN5O2. The molecule has 2 aromatic heterocycles. The number of pyridine rings is 1. The normalized spacial score (nSPS) is 13.9. The van der Waals surface area contributed by atoms with Crippen molar-refractivity contribution in [3.63, 3.8) is 0 Å². The first-order valence-electron chi connectivity index (χ1n) is 12.3. The van der Waals surface area contributed by atoms with Crippen molar-refractivity contribution in [2.45, 2.75) is 27.2 Å². The van der Waals surface area contributed by atoms with Crippen molar-refractivity contribution < 1.29 is 13.9 Å². The fourth-order valence-electron chi connectivity index (χ4n) is 4.66. The largest absolute Gasteiger partial charge is 0.467 e. The molecule has 2 aromatic carbocycles. The van der Waals surface area contributed by atoms with E-state index in [0.717, 1.165) is 40.1 Å². The van der Waals surface area contributed by atoms with Gasteiger partial charge in [0.05, 0.1) is 11.4 Å². The molecule has 3 heterocycles. The zero-order chi connectivity index (χ0) is 25.2. The highest BCUT2D eigenvalue weighted by Gasteiger charge is 2.22. The van der Waals surface area contributed by atoms with Gasteiger partial charge >= 0.3 is 0 Å². The molecule has 0 spiro atoms. The third-order valence-corrected chi connectivity index (χ3v) is 6.70. The van der Waals surface area contributed by atoms with Crippen molar-refractivity contribution in [3.05, 3.63) is 77.2 Å². The minimum atomic E-state index is -0.250. The molecule has 8 heteroatoms. The van der Waals surface area contributed by atoms with E-state index in [9.17, 15) is 9.18 Å². The van der Waals surface area contributed by atoms with Gasteiger partial charge in [0.1, 0.15) is 5.82 Å². The van der Waals surface area contributed by atoms with E-state index in [1.54, 1.807) is 17.0 Å². The Balaban J connectivity index is 1.29. The molecule has 7 nitrogen and oxygen atoms in total. The predicted molar refractivity (Wildman–Crippen MR) is 138 cm³/mol. The van der Waals surface area contributed by atoms with Crippen LogP contribution in [-0.4, -0.2) is 58.4 Å². The van der Waals surface area contributed by atoms with Crippen LogP contribution in [0.25, 0.3) is 16.7 Å². The van der Waals surface area contributed by atoms with Crippen molar-refractivity contribution in [2.24, 2.45) is 0 Å². The first-order valence-corrected chi connectivity index (χ1v) is 12.3. The molecule has 1 fully saturated rings. The van der Waals surface area contributed by atoms with Crippen LogP contribution < -0.4 is 9.64 Å². The molecule has 5 rings (SSSR count). The number of piperazine rings is 1. The van der Waals surface area contributed by atoms with Crippen molar-refractivity contribution >= 4 is 22.6 Å². The number of ether oxygens (including phenoxy) is 1. The third-order valence-electron chi connectivity index (χ3n) is 6.70. The number of nitrogens with zero attached hydrogens (tertiary/aromatic N) is 5. The molecule has 186 valence electrons. The molecule has 0 N–H and O–H groups in total. The lowest BCUT2D eigenvalue weighted by Crippen LogP contribution is -2.50. The molecule has 0 saturated carbocycles. The van der Waals surface area contributed by atoms with Crippen LogP contribution in [0.2, 0.25) is 0 Å². The Morgan fingerprint density at radius 3 is 2.31 bits per heavy atom. The van der Waals surface area contributed by atoms with E-state index in [0.29, 0.717) is 32.1 Å². The minimum absolute atomic E-state index is 0.0723. The number of benzene rings is 2. The highest BCUT2D eigenvalue weighted by atomic mass is 19.1. The lowest BCUT2D eigenvalue weighted by Gasteiger charge is -2.36. The number of anilines is 1. The number of aryl methyl sites for hydroxylation is 3. The number of carbonyl (C=O) groups is 1. The molecule has 4 aromatic rings. The molecule has 0 aliphatic carbocycles. The number of rotatable bonds is 6. The maximum atomic E-state index is 13.2. The van der Waals surface area contributed by atoms with Crippen LogP contribution in [-0.2, 0) is 11.2 Å². The molecule has 0 atom stereocenters. The lowest BCUT2D eigenvalue weighted by molar-refractivity contribution is -0.133. The number of halogens is 1. The zero-order valence-corrected chi connectivity index (χ0v) is 20.9. The van der Waals surface area contributed by atoms with Crippen LogP contribution >= 0.6 is 0 Å². The number of amides is 1. The van der Waals surface area contributed by atoms with Gasteiger partial charge in [-0.2, -0.15) is 10.1 Å². The Morgan fingerprint density at radius 2 is 1.64 bits per heavy atom. The predicted octanol–water partition coefficient (Wildman–Crippen LogP) is 4.47. The first-order chi connectivity index (χ1) is 17.4. The summed E-state index contributed by atoms with van der Waals surface area (Å²) in [5.41, 5.74) is 5.80. The standard InChI is InChI=1S/C28H30FN5O2/c1-4-21-17-25(30-28-27(21)20(3)31-34(28)24-9-5-19(2)6-10-24)36-18-26(35)33-15-13-32(14-16-33)23-11-7-22(29)8-12-23/h5-12,17H,4,13-16,18H2,1-3H3. The van der Waals surface area contributed by atoms with Crippen molar-refractivity contribution in [3.8, 4) is 11.6 Å². The van der Waals surface area contributed by atoms with Gasteiger partial charge in [-0.1, -0.05) is 24.6 Å². The van der Waals surface area contributed by atoms with Gasteiger partial charge in [0, 0.05) is 43.3 Å². The van der Waals surface area contributed by atoms with Gasteiger partial charge in [0.2, 0.25) is 5.88 Å². The van der Waals surface area contributed by atoms with Crippen LogP contribution in [0.3, 0.4) is 0 Å². The van der Waals surface area contributed by atoms with Crippen LogP contribution in [0.1, 0.15) is 23.7 Å². The van der Waals surface area contributed by atoms with Gasteiger partial charge in [0.25, 0.3) is 5.91 Å². The summed E-state index contributed by atoms with van der Waals surface area (Å²) in [7, 11) is 0. The second kappa shape index (κ2) is 9.97. The SMILES string of the molecule is CCc1cc(OCC(=O)N2CCN(c3ccc(F)cc3)CC2)nc2c1c(C)nn2-c1ccc(C)cc1. The summed E-state index contributed by atoms with van der Waals surface area (Å²) >= 11 is 0. The second-order valence-electron chi connectivity index (χ2n) is 9.14. The molecule has 1 saturated heterocycles. The Hall–Kier alpha value is -3.94. The van der Waals surface area contributed by atoms with Gasteiger partial charge in [-0.15, -0.1) is 0 Å². The smallest absolute Gasteiger partial charge is 0.260 e. The van der Waals surface area contributed by atoms with Crippen molar-refractivity contribution in [2.75, 3.05) is 37.7 Å². The van der Waals surface area contributed by atoms with Crippen molar-refractivity contribution in [1.82, 2.24) is 19.7 Å². The summed E-state index contributed by atoms with van der Waals surface area (Å²) < 4.78 is 21.0. The highest BCUT2D eigenvalue weighted by molar-refractivity contribution is 5.84. The van der Waals surface area contributed by atoms with Crippen LogP contribution in [0.15, 0.2) is 54.6 Å². The fraction of sp³-hybridized carbons (Fsp3) is 0.321. The molecule has 0 bridgehead atoms. The molecule has 0 radical (unpaired) electrons. The summed E-state index contributed by atoms with van der Waals surface area (Å²) in [6, 6.07) is 16.5. The Labute approximate surface area is 210 Å². The number of fused-ring (bicyclic) bond motifs is 1. The Bertz CT molecular complexity index is 1370. The Kier molecular flexibility index (Phi) is 6.59. The van der Waals surface area contributed by atoms with Gasteiger partial charge in [-0.05, 0) is 62.2 Å². The average Bonchev–Trinajstić information content (AvgIpc) is 3.24. The van der Waals surface area contributed by atoms with E-state index in [1.165, 1.54) is 17.7 Å². The van der Waals surface area contributed by atoms with Gasteiger partial charge in [-0.25, -0.2) is 9.07 Å². The quantitative estimate of drug-likeness (QED) is 0.402. The lowest BCUT2D eigenvalue weighted by atomic mass is 10.1. The minimum Gasteiger partial charge on any atom is -0.467 e. The highest BCUT2D eigenvalue weighted by Crippen LogP contribution is 2.28. The van der Waals surface area contributed by atoms with E-state index < -0.39 is 0 Å². The topological polar surface area (TPSA) is 63.5 Å². The summed E-state index contributed by atoms with van der Waals surface area (Å²) in [4.78, 5) is 21.6. The van der Waals surface area contributed by atoms with E-state index in [2.05, 4.69) is 18.7 Å². The maximum Gasteiger partial charge on any atom is 0.260 e. The number of aromatic nitrogens is 3. The van der Waals surface area contributed by atoms with E-state index in [4.69, 9.17) is 14.8 Å². The summed E-state index contributed by atoms with van der Waals surface area (Å²) in [5, 5.41) is 5.76. The first kappa shape index (κ1) is 23.8. The van der Waals surface area contributed by atoms with Crippen LogP contribution in [0, 0.1) is 19.7 Å². The molecule has 0 unspecified atom stereocenters. The van der Waals surface area contributed by atoms with Crippen LogP contribution in [0.4, 0.5) is 10.1 Å². The van der Waals surface area contributed by atoms with E-state index in [-0.39, 0.29) is 18.3 Å². The average molecular weight is 488 g/mol. The van der Waals surface area contributed by atoms with Gasteiger partial charge in [-0.3, -0.25) is 4.79 Å². The van der Waals surface area contributed by atoms with E-state index >= 15 is 0 Å². The number of carbonyl (C=O) groups excluding carboxylic acids is 1. The monoisotopic (exact) mass is 487 g/mol. The summed E-state index contributed by atoms with van der Waals surface area (Å²) in [6.45, 7) is 8.62. The van der Waals surface area contributed by atoms with Crippen LogP contribution in [0.5, 0.6) is 5.88 Å². The third kappa shape index (κ3) is 4.76. The molecule has 36 heavy (non-hydrogen) atoms. The number of hydrogen-bond acceptors (Lipinski definition) is 5. The molecule has 1 amide bonds. The molecule has 1 aliphatic rings. The fourth-order valence-corrected chi connectivity index (χ4v) is 4.66. The molecular weight excluding hydrogens is 457 g/mol. The zero-order valence-electron chi connectivity index (χ0n) is 20.9. The van der Waals surface area contributed by atoms with Gasteiger partial charge < -0.3 is 14.5 Å². The van der Waals surface area contributed by atoms with Gasteiger partial charge in [0.15, 0.2) is 12.3 Å². The summed E-state index contributed by atoms with van der Waals surface area (Å²) in [5.74, 6) is 0.0997. The molecule has 1 aliphatic heterocycles. The number of hydrogen-bond donors (Lipinski definition) is 0. The van der Waals surface area contributed by atoms with E-state index in [1.807, 2.05) is 41.9 Å². The Morgan fingerprint density at radius 1 is 0.972 bits per heavy atom. The maximum absolute atomic E-state index is 13.2. The van der Waals surface area contributed by atoms with Crippen molar-refractivity contribution in [1.29, 1.82) is 0 Å².